The predicted octanol–water partition coefficient (Wildman–Crippen LogP) is 1.22. The van der Waals surface area contributed by atoms with Gasteiger partial charge in [-0.2, -0.15) is 5.26 Å². The van der Waals surface area contributed by atoms with Crippen LogP contribution in [0.1, 0.15) is 16.1 Å². The molecule has 0 unspecified atom stereocenters. The van der Waals surface area contributed by atoms with Crippen LogP contribution in [0.25, 0.3) is 0 Å². The van der Waals surface area contributed by atoms with Gasteiger partial charge in [-0.3, -0.25) is 0 Å². The number of halogens is 3. The van der Waals surface area contributed by atoms with Crippen molar-refractivity contribution < 1.29 is 27.4 Å². The van der Waals surface area contributed by atoms with Crippen molar-refractivity contribution in [2.24, 2.45) is 0 Å². The van der Waals surface area contributed by atoms with Gasteiger partial charge in [0.25, 0.3) is 0 Å². The molecule has 0 spiro atoms. The minimum absolute atomic E-state index is 0.284. The lowest BCUT2D eigenvalue weighted by Crippen LogP contribution is -2.20. The molecule has 1 rings (SSSR count). The van der Waals surface area contributed by atoms with Gasteiger partial charge in [0.2, 0.25) is 5.88 Å². The van der Waals surface area contributed by atoms with Crippen LogP contribution < -0.4 is 10.5 Å². The monoisotopic (exact) mass is 261 g/mol. The van der Waals surface area contributed by atoms with E-state index < -0.39 is 29.5 Å². The van der Waals surface area contributed by atoms with Crippen LogP contribution in [0.5, 0.6) is 5.88 Å². The van der Waals surface area contributed by atoms with E-state index in [4.69, 9.17) is 11.0 Å². The number of nitrogens with zero attached hydrogens (tertiary/aromatic N) is 2. The zero-order valence-electron chi connectivity index (χ0n) is 8.91. The topological polar surface area (TPSA) is 98.2 Å². The van der Waals surface area contributed by atoms with E-state index in [9.17, 15) is 18.0 Å². The Morgan fingerprint density at radius 3 is 2.61 bits per heavy atom. The van der Waals surface area contributed by atoms with Gasteiger partial charge < -0.3 is 15.2 Å². The third-order valence-corrected chi connectivity index (χ3v) is 1.73. The van der Waals surface area contributed by atoms with Crippen molar-refractivity contribution in [3.63, 3.8) is 0 Å². The molecule has 0 amide bonds. The number of methoxy groups -OCH3 is 1. The van der Waals surface area contributed by atoms with Gasteiger partial charge >= 0.3 is 12.3 Å². The predicted molar refractivity (Wildman–Crippen MR) is 51.4 cm³/mol. The third kappa shape index (κ3) is 3.00. The highest BCUT2D eigenvalue weighted by atomic mass is 19.4. The second-order valence-electron chi connectivity index (χ2n) is 2.93. The van der Waals surface area contributed by atoms with E-state index in [1.165, 1.54) is 6.07 Å². The van der Waals surface area contributed by atoms with Gasteiger partial charge in [-0.05, 0) is 6.07 Å². The van der Waals surface area contributed by atoms with E-state index in [0.717, 1.165) is 13.2 Å². The Morgan fingerprint density at radius 2 is 2.17 bits per heavy atom. The first-order valence-electron chi connectivity index (χ1n) is 4.33. The average molecular weight is 261 g/mol. The van der Waals surface area contributed by atoms with Gasteiger partial charge in [0.15, 0.2) is 5.69 Å². The summed E-state index contributed by atoms with van der Waals surface area (Å²) in [7, 11) is 1.01. The lowest BCUT2D eigenvalue weighted by Gasteiger charge is -2.11. The summed E-state index contributed by atoms with van der Waals surface area (Å²) in [6.07, 6.45) is -5.04. The van der Waals surface area contributed by atoms with Crippen LogP contribution in [-0.4, -0.2) is 24.4 Å². The number of pyridine rings is 1. The Morgan fingerprint density at radius 1 is 1.56 bits per heavy atom. The summed E-state index contributed by atoms with van der Waals surface area (Å²) in [4.78, 5) is 14.4. The maximum absolute atomic E-state index is 12.1. The molecule has 0 aliphatic carbocycles. The summed E-state index contributed by atoms with van der Waals surface area (Å²) in [5.74, 6) is -2.09. The summed E-state index contributed by atoms with van der Waals surface area (Å²) in [5, 5.41) is 8.62. The van der Waals surface area contributed by atoms with E-state index in [2.05, 4.69) is 14.5 Å². The molecule has 0 fully saturated rings. The number of aromatic nitrogens is 1. The molecule has 2 N–H and O–H groups in total. The lowest BCUT2D eigenvalue weighted by atomic mass is 10.2. The largest absolute Gasteiger partial charge is 0.574 e. The molecule has 9 heteroatoms. The normalized spacial score (nSPS) is 10.6. The number of ether oxygens (including phenoxy) is 2. The minimum atomic E-state index is -5.04. The fourth-order valence-corrected chi connectivity index (χ4v) is 1.04. The molecule has 1 aromatic rings. The Bertz CT molecular complexity index is 522. The number of hydrogen-bond acceptors (Lipinski definition) is 6. The number of anilines is 1. The van der Waals surface area contributed by atoms with Crippen molar-refractivity contribution in [1.29, 1.82) is 5.26 Å². The van der Waals surface area contributed by atoms with Crippen molar-refractivity contribution >= 4 is 11.7 Å². The van der Waals surface area contributed by atoms with Crippen LogP contribution in [0, 0.1) is 11.3 Å². The Balaban J connectivity index is 3.32. The first-order valence-corrected chi connectivity index (χ1v) is 4.33. The molecular formula is C9H6F3N3O3. The van der Waals surface area contributed by atoms with Gasteiger partial charge in [-0.15, -0.1) is 13.2 Å². The first-order chi connectivity index (χ1) is 8.28. The molecule has 0 aromatic carbocycles. The van der Waals surface area contributed by atoms with Crippen molar-refractivity contribution in [1.82, 2.24) is 4.98 Å². The van der Waals surface area contributed by atoms with E-state index in [-0.39, 0.29) is 5.69 Å². The molecule has 0 radical (unpaired) electrons. The number of rotatable bonds is 2. The summed E-state index contributed by atoms with van der Waals surface area (Å²) in [6, 6.07) is 2.27. The number of alkyl halides is 3. The molecule has 1 aromatic heterocycles. The van der Waals surface area contributed by atoms with Crippen LogP contribution in [0.2, 0.25) is 0 Å². The van der Waals surface area contributed by atoms with E-state index in [0.29, 0.717) is 0 Å². The third-order valence-electron chi connectivity index (χ3n) is 1.73. The van der Waals surface area contributed by atoms with Crippen molar-refractivity contribution in [3.05, 3.63) is 17.3 Å². The number of esters is 1. The highest BCUT2D eigenvalue weighted by Gasteiger charge is 2.34. The smallest absolute Gasteiger partial charge is 0.464 e. The number of nitrogens with two attached hydrogens (primary N) is 1. The van der Waals surface area contributed by atoms with E-state index in [1.807, 2.05) is 0 Å². The van der Waals surface area contributed by atoms with Crippen molar-refractivity contribution in [2.45, 2.75) is 6.36 Å². The highest BCUT2D eigenvalue weighted by molar-refractivity contribution is 5.93. The van der Waals surface area contributed by atoms with Crippen LogP contribution in [0.3, 0.4) is 0 Å². The number of hydrogen-bond donors (Lipinski definition) is 1. The first kappa shape index (κ1) is 13.6. The summed E-state index contributed by atoms with van der Waals surface area (Å²) in [5.41, 5.74) is 3.97. The molecule has 1 heterocycles. The van der Waals surface area contributed by atoms with Gasteiger partial charge in [-0.25, -0.2) is 9.78 Å². The molecule has 0 aliphatic rings. The second kappa shape index (κ2) is 4.79. The molecule has 6 nitrogen and oxygen atoms in total. The molecule has 0 aliphatic heterocycles. The maximum Gasteiger partial charge on any atom is 0.574 e. The number of nitriles is 1. The molecule has 96 valence electrons. The van der Waals surface area contributed by atoms with Gasteiger partial charge in [-0.1, -0.05) is 0 Å². The second-order valence-corrected chi connectivity index (χ2v) is 2.93. The number of carbonyl (C=O) groups excluding carboxylic acids is 1. The fraction of sp³-hybridized carbons (Fsp3) is 0.222. The highest BCUT2D eigenvalue weighted by Crippen LogP contribution is 2.27. The van der Waals surface area contributed by atoms with Crippen LogP contribution in [0.4, 0.5) is 18.9 Å². The van der Waals surface area contributed by atoms with Crippen LogP contribution in [-0.2, 0) is 4.74 Å². The quantitative estimate of drug-likeness (QED) is 0.803. The van der Waals surface area contributed by atoms with Gasteiger partial charge in [0, 0.05) is 0 Å². The number of carbonyl (C=O) groups is 1. The van der Waals surface area contributed by atoms with Gasteiger partial charge in [0.05, 0.1) is 12.8 Å². The maximum atomic E-state index is 12.1. The fourth-order valence-electron chi connectivity index (χ4n) is 1.04. The lowest BCUT2D eigenvalue weighted by molar-refractivity contribution is -0.276. The molecule has 0 saturated heterocycles. The van der Waals surface area contributed by atoms with E-state index in [1.54, 1.807) is 0 Å². The molecule has 18 heavy (non-hydrogen) atoms. The van der Waals surface area contributed by atoms with Crippen LogP contribution in [0.15, 0.2) is 6.07 Å². The summed E-state index contributed by atoms with van der Waals surface area (Å²) < 4.78 is 44.0. The van der Waals surface area contributed by atoms with Crippen molar-refractivity contribution in [2.75, 3.05) is 12.8 Å². The molecule has 0 saturated carbocycles. The Hall–Kier alpha value is -2.50. The van der Waals surface area contributed by atoms with Crippen molar-refractivity contribution in [3.8, 4) is 11.9 Å². The Kier molecular flexibility index (Phi) is 3.61. The average Bonchev–Trinajstić information content (AvgIpc) is 2.28. The SMILES string of the molecule is COC(=O)c1nc(OC(F)(F)F)c(C#N)cc1N. The summed E-state index contributed by atoms with van der Waals surface area (Å²) in [6.45, 7) is 0. The minimum Gasteiger partial charge on any atom is -0.464 e. The van der Waals surface area contributed by atoms with E-state index >= 15 is 0 Å². The zero-order chi connectivity index (χ0) is 13.9. The molecule has 0 atom stereocenters. The van der Waals surface area contributed by atoms with Gasteiger partial charge in [0.1, 0.15) is 11.6 Å². The number of nitrogen functional groups attached to an aromatic ring is 1. The van der Waals surface area contributed by atoms with Crippen LogP contribution >= 0.6 is 0 Å². The molecule has 0 bridgehead atoms. The summed E-state index contributed by atoms with van der Waals surface area (Å²) >= 11 is 0. The molecular weight excluding hydrogens is 255 g/mol. The standard InChI is InChI=1S/C9H6F3N3O3/c1-17-8(16)6-5(14)2-4(3-13)7(15-6)18-9(10,11)12/h2H,14H2,1H3. The zero-order valence-corrected chi connectivity index (χ0v) is 8.91. The Labute approximate surface area is 98.7 Å².